The summed E-state index contributed by atoms with van der Waals surface area (Å²) in [6.45, 7) is 6.44. The molecule has 0 bridgehead atoms. The lowest BCUT2D eigenvalue weighted by atomic mass is 9.99. The van der Waals surface area contributed by atoms with Gasteiger partial charge in [0, 0.05) is 30.9 Å². The van der Waals surface area contributed by atoms with E-state index in [1.54, 1.807) is 13.0 Å². The minimum absolute atomic E-state index is 0.122. The maximum atomic E-state index is 11.0. The van der Waals surface area contributed by atoms with Crippen molar-refractivity contribution in [1.82, 2.24) is 5.32 Å². The number of nitro groups is 1. The number of nitrogens with one attached hydrogen (secondary N) is 1. The summed E-state index contributed by atoms with van der Waals surface area (Å²) in [6.07, 6.45) is 2.18. The van der Waals surface area contributed by atoms with Gasteiger partial charge in [-0.15, -0.1) is 0 Å². The molecule has 1 fully saturated rings. The van der Waals surface area contributed by atoms with Gasteiger partial charge >= 0.3 is 0 Å². The fraction of sp³-hybridized carbons (Fsp3) is 0.600. The van der Waals surface area contributed by atoms with E-state index < -0.39 is 0 Å². The van der Waals surface area contributed by atoms with Gasteiger partial charge in [-0.25, -0.2) is 0 Å². The molecule has 1 aliphatic heterocycles. The summed E-state index contributed by atoms with van der Waals surface area (Å²) in [6, 6.07) is 5.58. The highest BCUT2D eigenvalue weighted by atomic mass is 16.6. The molecule has 1 unspecified atom stereocenters. The molecule has 1 N–H and O–H groups in total. The Morgan fingerprint density at radius 3 is 2.80 bits per heavy atom. The molecule has 1 atom stereocenters. The summed E-state index contributed by atoms with van der Waals surface area (Å²) in [5.74, 6) is 0.645. The van der Waals surface area contributed by atoms with Crippen molar-refractivity contribution in [2.24, 2.45) is 5.92 Å². The van der Waals surface area contributed by atoms with Crippen LogP contribution >= 0.6 is 0 Å². The molecule has 1 aromatic rings. The molecule has 1 aromatic carbocycles. The van der Waals surface area contributed by atoms with Crippen LogP contribution in [0.5, 0.6) is 0 Å². The zero-order valence-corrected chi connectivity index (χ0v) is 12.1. The number of rotatable bonds is 5. The van der Waals surface area contributed by atoms with Crippen molar-refractivity contribution in [3.63, 3.8) is 0 Å². The van der Waals surface area contributed by atoms with Crippen molar-refractivity contribution < 1.29 is 9.66 Å². The SMILES string of the molecule is Cc1ccc(C(C)NCC2CCOCC2)cc1[N+](=O)[O-]. The average Bonchev–Trinajstić information content (AvgIpc) is 2.46. The third kappa shape index (κ3) is 3.77. The van der Waals surface area contributed by atoms with Gasteiger partial charge in [-0.2, -0.15) is 0 Å². The number of benzene rings is 1. The van der Waals surface area contributed by atoms with Gasteiger partial charge in [-0.3, -0.25) is 10.1 Å². The van der Waals surface area contributed by atoms with Gasteiger partial charge in [0.15, 0.2) is 0 Å². The lowest BCUT2D eigenvalue weighted by molar-refractivity contribution is -0.385. The Kier molecular flexibility index (Phi) is 5.09. The van der Waals surface area contributed by atoms with Crippen LogP contribution < -0.4 is 5.32 Å². The molecular formula is C15H22N2O3. The summed E-state index contributed by atoms with van der Waals surface area (Å²) in [5.41, 5.74) is 1.87. The Morgan fingerprint density at radius 1 is 1.45 bits per heavy atom. The van der Waals surface area contributed by atoms with E-state index in [9.17, 15) is 10.1 Å². The zero-order valence-electron chi connectivity index (χ0n) is 12.1. The fourth-order valence-corrected chi connectivity index (χ4v) is 2.50. The van der Waals surface area contributed by atoms with Gasteiger partial charge in [0.25, 0.3) is 5.69 Å². The summed E-state index contributed by atoms with van der Waals surface area (Å²) >= 11 is 0. The van der Waals surface area contributed by atoms with Crippen molar-refractivity contribution in [2.45, 2.75) is 32.7 Å². The van der Waals surface area contributed by atoms with Crippen LogP contribution in [0.25, 0.3) is 0 Å². The Bertz CT molecular complexity index is 470. The smallest absolute Gasteiger partial charge is 0.272 e. The van der Waals surface area contributed by atoms with Crippen LogP contribution in [0.1, 0.15) is 36.9 Å². The Hall–Kier alpha value is -1.46. The van der Waals surface area contributed by atoms with E-state index in [2.05, 4.69) is 5.32 Å². The minimum atomic E-state index is -0.315. The lowest BCUT2D eigenvalue weighted by Crippen LogP contribution is -2.29. The largest absolute Gasteiger partial charge is 0.381 e. The average molecular weight is 278 g/mol. The van der Waals surface area contributed by atoms with Crippen LogP contribution in [-0.2, 0) is 4.74 Å². The number of hydrogen-bond acceptors (Lipinski definition) is 4. The normalized spacial score (nSPS) is 17.9. The molecule has 0 aromatic heterocycles. The predicted octanol–water partition coefficient (Wildman–Crippen LogP) is 2.98. The van der Waals surface area contributed by atoms with E-state index in [1.807, 2.05) is 19.1 Å². The maximum absolute atomic E-state index is 11.0. The van der Waals surface area contributed by atoms with E-state index in [1.165, 1.54) is 0 Å². The highest BCUT2D eigenvalue weighted by molar-refractivity contribution is 5.43. The van der Waals surface area contributed by atoms with E-state index in [4.69, 9.17) is 4.74 Å². The number of nitro benzene ring substituents is 1. The molecule has 0 saturated carbocycles. The molecule has 0 aliphatic carbocycles. The number of nitrogens with zero attached hydrogens (tertiary/aromatic N) is 1. The first kappa shape index (κ1) is 14.9. The van der Waals surface area contributed by atoms with Crippen LogP contribution in [0.3, 0.4) is 0 Å². The standard InChI is InChI=1S/C15H22N2O3/c1-11-3-4-14(9-15(11)17(18)19)12(2)16-10-13-5-7-20-8-6-13/h3-4,9,12-13,16H,5-8,10H2,1-2H3. The summed E-state index contributed by atoms with van der Waals surface area (Å²) < 4.78 is 5.34. The molecular weight excluding hydrogens is 256 g/mol. The fourth-order valence-electron chi connectivity index (χ4n) is 2.50. The third-order valence-corrected chi connectivity index (χ3v) is 3.98. The van der Waals surface area contributed by atoms with Gasteiger partial charge in [-0.05, 0) is 44.7 Å². The first-order chi connectivity index (χ1) is 9.58. The molecule has 0 amide bonds. The second kappa shape index (κ2) is 6.81. The molecule has 1 heterocycles. The molecule has 5 nitrogen and oxygen atoms in total. The van der Waals surface area contributed by atoms with Crippen molar-refractivity contribution in [3.05, 3.63) is 39.4 Å². The quantitative estimate of drug-likeness (QED) is 0.664. The number of hydrogen-bond donors (Lipinski definition) is 1. The van der Waals surface area contributed by atoms with E-state index in [-0.39, 0.29) is 16.7 Å². The van der Waals surface area contributed by atoms with Crippen molar-refractivity contribution >= 4 is 5.69 Å². The Morgan fingerprint density at radius 2 is 2.15 bits per heavy atom. The summed E-state index contributed by atoms with van der Waals surface area (Å²) in [7, 11) is 0. The molecule has 1 saturated heterocycles. The zero-order chi connectivity index (χ0) is 14.5. The van der Waals surface area contributed by atoms with Gasteiger partial charge < -0.3 is 10.1 Å². The molecule has 1 aliphatic rings. The Labute approximate surface area is 119 Å². The first-order valence-electron chi connectivity index (χ1n) is 7.14. The van der Waals surface area contributed by atoms with Gasteiger partial charge in [-0.1, -0.05) is 12.1 Å². The van der Waals surface area contributed by atoms with Crippen molar-refractivity contribution in [2.75, 3.05) is 19.8 Å². The van der Waals surface area contributed by atoms with Crippen LogP contribution in [0.4, 0.5) is 5.69 Å². The third-order valence-electron chi connectivity index (χ3n) is 3.98. The minimum Gasteiger partial charge on any atom is -0.381 e. The molecule has 2 rings (SSSR count). The van der Waals surface area contributed by atoms with Gasteiger partial charge in [0.2, 0.25) is 0 Å². The lowest BCUT2D eigenvalue weighted by Gasteiger charge is -2.24. The number of ether oxygens (including phenoxy) is 1. The molecule has 110 valence electrons. The Balaban J connectivity index is 1.96. The monoisotopic (exact) mass is 278 g/mol. The van der Waals surface area contributed by atoms with Crippen LogP contribution in [0, 0.1) is 23.0 Å². The topological polar surface area (TPSA) is 64.4 Å². The number of aryl methyl sites for hydroxylation is 1. The molecule has 20 heavy (non-hydrogen) atoms. The van der Waals surface area contributed by atoms with Gasteiger partial charge in [0.1, 0.15) is 0 Å². The predicted molar refractivity (Wildman–Crippen MR) is 77.8 cm³/mol. The van der Waals surface area contributed by atoms with Crippen LogP contribution in [0.2, 0.25) is 0 Å². The van der Waals surface area contributed by atoms with Gasteiger partial charge in [0.05, 0.1) is 4.92 Å². The molecule has 0 radical (unpaired) electrons. The van der Waals surface area contributed by atoms with E-state index >= 15 is 0 Å². The first-order valence-corrected chi connectivity index (χ1v) is 7.14. The van der Waals surface area contributed by atoms with Crippen molar-refractivity contribution in [1.29, 1.82) is 0 Å². The molecule has 0 spiro atoms. The van der Waals surface area contributed by atoms with Crippen LogP contribution in [-0.4, -0.2) is 24.7 Å². The van der Waals surface area contributed by atoms with Crippen molar-refractivity contribution in [3.8, 4) is 0 Å². The summed E-state index contributed by atoms with van der Waals surface area (Å²) in [5, 5.41) is 14.4. The molecule has 5 heteroatoms. The highest BCUT2D eigenvalue weighted by Crippen LogP contribution is 2.23. The second-order valence-corrected chi connectivity index (χ2v) is 5.49. The van der Waals surface area contributed by atoms with E-state index in [0.717, 1.165) is 38.2 Å². The van der Waals surface area contributed by atoms with Crippen LogP contribution in [0.15, 0.2) is 18.2 Å². The maximum Gasteiger partial charge on any atom is 0.272 e. The highest BCUT2D eigenvalue weighted by Gasteiger charge is 2.17. The summed E-state index contributed by atoms with van der Waals surface area (Å²) in [4.78, 5) is 10.7. The van der Waals surface area contributed by atoms with E-state index in [0.29, 0.717) is 11.5 Å². The second-order valence-electron chi connectivity index (χ2n) is 5.49.